The quantitative estimate of drug-likeness (QED) is 0.914. The number of hydrogen-bond acceptors (Lipinski definition) is 1. The van der Waals surface area contributed by atoms with Crippen LogP contribution in [-0.2, 0) is 6.54 Å². The number of hydrogen-bond donors (Lipinski definition) is 1. The molecule has 0 saturated carbocycles. The summed E-state index contributed by atoms with van der Waals surface area (Å²) < 4.78 is 2.95. The number of aromatic nitrogens is 1. The molecular formula is C15H17BrN2O. The van der Waals surface area contributed by atoms with E-state index >= 15 is 0 Å². The van der Waals surface area contributed by atoms with Gasteiger partial charge in [-0.2, -0.15) is 0 Å². The topological polar surface area (TPSA) is 34.0 Å². The van der Waals surface area contributed by atoms with E-state index in [1.165, 1.54) is 0 Å². The van der Waals surface area contributed by atoms with Crippen molar-refractivity contribution in [3.63, 3.8) is 0 Å². The summed E-state index contributed by atoms with van der Waals surface area (Å²) in [5.74, 6) is -0.0423. The first-order valence-corrected chi connectivity index (χ1v) is 7.12. The first-order chi connectivity index (χ1) is 9.11. The number of rotatable bonds is 4. The number of aryl methyl sites for hydroxylation is 1. The number of carbonyl (C=O) groups is 1. The first kappa shape index (κ1) is 13.9. The van der Waals surface area contributed by atoms with Gasteiger partial charge in [0.1, 0.15) is 5.69 Å². The Morgan fingerprint density at radius 1 is 1.37 bits per heavy atom. The highest BCUT2D eigenvalue weighted by atomic mass is 79.9. The van der Waals surface area contributed by atoms with Crippen LogP contribution in [0.15, 0.2) is 47.1 Å². The summed E-state index contributed by atoms with van der Waals surface area (Å²) >= 11 is 3.44. The van der Waals surface area contributed by atoms with Crippen molar-refractivity contribution < 1.29 is 4.79 Å². The Balaban J connectivity index is 2.11. The van der Waals surface area contributed by atoms with Gasteiger partial charge in [0.15, 0.2) is 0 Å². The Hall–Kier alpha value is -1.55. The molecule has 0 saturated heterocycles. The molecule has 1 amide bonds. The Morgan fingerprint density at radius 2 is 2.16 bits per heavy atom. The van der Waals surface area contributed by atoms with Crippen LogP contribution in [0.5, 0.6) is 0 Å². The minimum Gasteiger partial charge on any atom is -0.344 e. The van der Waals surface area contributed by atoms with E-state index in [9.17, 15) is 4.79 Å². The van der Waals surface area contributed by atoms with Gasteiger partial charge >= 0.3 is 0 Å². The average molecular weight is 321 g/mol. The number of carbonyl (C=O) groups excluding carboxylic acids is 1. The zero-order chi connectivity index (χ0) is 13.8. The van der Waals surface area contributed by atoms with Crippen LogP contribution in [0.25, 0.3) is 0 Å². The third-order valence-corrected chi connectivity index (χ3v) is 3.59. The molecule has 2 rings (SSSR count). The van der Waals surface area contributed by atoms with Crippen molar-refractivity contribution in [3.05, 3.63) is 58.3 Å². The van der Waals surface area contributed by atoms with E-state index in [0.29, 0.717) is 5.69 Å². The summed E-state index contributed by atoms with van der Waals surface area (Å²) in [7, 11) is 0. The molecule has 1 aromatic carbocycles. The van der Waals surface area contributed by atoms with Gasteiger partial charge in [-0.05, 0) is 43.7 Å². The summed E-state index contributed by atoms with van der Waals surface area (Å²) in [5, 5.41) is 3.02. The number of nitrogens with zero attached hydrogens (tertiary/aromatic N) is 1. The van der Waals surface area contributed by atoms with Crippen molar-refractivity contribution in [3.8, 4) is 0 Å². The third kappa shape index (κ3) is 3.26. The summed E-state index contributed by atoms with van der Waals surface area (Å²) in [4.78, 5) is 12.2. The standard InChI is InChI=1S/C15H17BrN2O/c1-3-18-9-5-8-14(18)15(19)17-11(2)12-6-4-7-13(16)10-12/h4-11H,3H2,1-2H3,(H,17,19). The van der Waals surface area contributed by atoms with Gasteiger partial charge in [-0.25, -0.2) is 0 Å². The van der Waals surface area contributed by atoms with E-state index in [2.05, 4.69) is 21.2 Å². The van der Waals surface area contributed by atoms with Crippen molar-refractivity contribution in [2.24, 2.45) is 0 Å². The van der Waals surface area contributed by atoms with Crippen LogP contribution in [0.2, 0.25) is 0 Å². The predicted octanol–water partition coefficient (Wildman–Crippen LogP) is 3.76. The fourth-order valence-electron chi connectivity index (χ4n) is 2.03. The minimum atomic E-state index is -0.0423. The lowest BCUT2D eigenvalue weighted by atomic mass is 10.1. The molecule has 0 aliphatic rings. The molecule has 0 aliphatic heterocycles. The SMILES string of the molecule is CCn1cccc1C(=O)NC(C)c1cccc(Br)c1. The van der Waals surface area contributed by atoms with E-state index in [-0.39, 0.29) is 11.9 Å². The van der Waals surface area contributed by atoms with Gasteiger partial charge in [0.25, 0.3) is 5.91 Å². The lowest BCUT2D eigenvalue weighted by molar-refractivity contribution is 0.0930. The average Bonchev–Trinajstić information content (AvgIpc) is 2.87. The van der Waals surface area contributed by atoms with E-state index in [1.54, 1.807) is 0 Å². The summed E-state index contributed by atoms with van der Waals surface area (Å²) in [6.45, 7) is 4.80. The molecule has 4 heteroatoms. The number of halogens is 1. The third-order valence-electron chi connectivity index (χ3n) is 3.10. The molecule has 1 aromatic heterocycles. The van der Waals surface area contributed by atoms with Gasteiger partial charge in [0, 0.05) is 17.2 Å². The van der Waals surface area contributed by atoms with Crippen LogP contribution in [0.4, 0.5) is 0 Å². The Morgan fingerprint density at radius 3 is 2.84 bits per heavy atom. The molecule has 0 radical (unpaired) electrons. The molecule has 0 fully saturated rings. The van der Waals surface area contributed by atoms with E-state index in [4.69, 9.17) is 0 Å². The highest BCUT2D eigenvalue weighted by Crippen LogP contribution is 2.18. The zero-order valence-corrected chi connectivity index (χ0v) is 12.6. The second-order valence-electron chi connectivity index (χ2n) is 4.43. The van der Waals surface area contributed by atoms with Crippen LogP contribution < -0.4 is 5.32 Å². The van der Waals surface area contributed by atoms with Crippen molar-refractivity contribution >= 4 is 21.8 Å². The normalized spacial score (nSPS) is 12.2. The minimum absolute atomic E-state index is 0.0230. The van der Waals surface area contributed by atoms with Crippen LogP contribution in [0.1, 0.15) is 35.9 Å². The highest BCUT2D eigenvalue weighted by Gasteiger charge is 2.14. The van der Waals surface area contributed by atoms with E-state index in [1.807, 2.05) is 61.0 Å². The molecular weight excluding hydrogens is 304 g/mol. The fourth-order valence-corrected chi connectivity index (χ4v) is 2.44. The van der Waals surface area contributed by atoms with E-state index < -0.39 is 0 Å². The maximum absolute atomic E-state index is 12.2. The van der Waals surface area contributed by atoms with Gasteiger partial charge in [-0.3, -0.25) is 4.79 Å². The lowest BCUT2D eigenvalue weighted by Crippen LogP contribution is -2.28. The molecule has 100 valence electrons. The van der Waals surface area contributed by atoms with Crippen molar-refractivity contribution in [2.75, 3.05) is 0 Å². The monoisotopic (exact) mass is 320 g/mol. The fraction of sp³-hybridized carbons (Fsp3) is 0.267. The number of benzene rings is 1. The maximum atomic E-state index is 12.2. The Labute approximate surface area is 121 Å². The van der Waals surface area contributed by atoms with Gasteiger partial charge in [0.05, 0.1) is 6.04 Å². The largest absolute Gasteiger partial charge is 0.344 e. The van der Waals surface area contributed by atoms with Gasteiger partial charge in [-0.1, -0.05) is 28.1 Å². The molecule has 1 atom stereocenters. The summed E-state index contributed by atoms with van der Waals surface area (Å²) in [5.41, 5.74) is 1.78. The zero-order valence-electron chi connectivity index (χ0n) is 11.1. The Bertz CT molecular complexity index is 577. The van der Waals surface area contributed by atoms with Crippen molar-refractivity contribution in [1.82, 2.24) is 9.88 Å². The number of amides is 1. The molecule has 0 bridgehead atoms. The second kappa shape index (κ2) is 6.06. The van der Waals surface area contributed by atoms with Crippen LogP contribution in [0.3, 0.4) is 0 Å². The predicted molar refractivity (Wildman–Crippen MR) is 80.1 cm³/mol. The van der Waals surface area contributed by atoms with Gasteiger partial charge in [0.2, 0.25) is 0 Å². The van der Waals surface area contributed by atoms with Crippen LogP contribution >= 0.6 is 15.9 Å². The molecule has 2 aromatic rings. The summed E-state index contributed by atoms with van der Waals surface area (Å²) in [6, 6.07) is 11.7. The Kier molecular flexibility index (Phi) is 4.43. The molecule has 1 N–H and O–H groups in total. The van der Waals surface area contributed by atoms with Gasteiger partial charge < -0.3 is 9.88 Å². The number of nitrogens with one attached hydrogen (secondary N) is 1. The highest BCUT2D eigenvalue weighted by molar-refractivity contribution is 9.10. The van der Waals surface area contributed by atoms with Crippen molar-refractivity contribution in [2.45, 2.75) is 26.4 Å². The smallest absolute Gasteiger partial charge is 0.268 e. The molecule has 3 nitrogen and oxygen atoms in total. The lowest BCUT2D eigenvalue weighted by Gasteiger charge is -2.15. The molecule has 1 unspecified atom stereocenters. The first-order valence-electron chi connectivity index (χ1n) is 6.33. The maximum Gasteiger partial charge on any atom is 0.268 e. The second-order valence-corrected chi connectivity index (χ2v) is 5.35. The van der Waals surface area contributed by atoms with Crippen LogP contribution in [0, 0.1) is 0 Å². The summed E-state index contributed by atoms with van der Waals surface area (Å²) in [6.07, 6.45) is 1.92. The molecule has 0 spiro atoms. The van der Waals surface area contributed by atoms with Crippen LogP contribution in [-0.4, -0.2) is 10.5 Å². The molecule has 1 heterocycles. The molecule has 0 aliphatic carbocycles. The van der Waals surface area contributed by atoms with Gasteiger partial charge in [-0.15, -0.1) is 0 Å². The van der Waals surface area contributed by atoms with Crippen molar-refractivity contribution in [1.29, 1.82) is 0 Å². The van der Waals surface area contributed by atoms with E-state index in [0.717, 1.165) is 16.6 Å². The molecule has 19 heavy (non-hydrogen) atoms.